The third-order valence-electron chi connectivity index (χ3n) is 2.44. The van der Waals surface area contributed by atoms with Gasteiger partial charge in [-0.2, -0.15) is 0 Å². The van der Waals surface area contributed by atoms with E-state index in [-0.39, 0.29) is 11.9 Å². The summed E-state index contributed by atoms with van der Waals surface area (Å²) in [5.74, 6) is -0.836. The lowest BCUT2D eigenvalue weighted by Crippen LogP contribution is -2.06. The molecule has 0 atom stereocenters. The maximum absolute atomic E-state index is 10.9. The molecule has 0 saturated heterocycles. The Bertz CT molecular complexity index is 644. The Balaban J connectivity index is 2.36. The Morgan fingerprint density at radius 2 is 2.10 bits per heavy atom. The van der Waals surface area contributed by atoms with Gasteiger partial charge in [0.2, 0.25) is 5.82 Å². The highest BCUT2D eigenvalue weighted by Crippen LogP contribution is 2.30. The normalized spacial score (nSPS) is 10.6. The molecule has 6 heteroatoms. The number of carboxylic acids is 1. The summed E-state index contributed by atoms with van der Waals surface area (Å²) in [4.78, 5) is 18.5. The fourth-order valence-corrected chi connectivity index (χ4v) is 1.86. The maximum Gasteiger partial charge on any atom is 0.373 e. The van der Waals surface area contributed by atoms with Gasteiger partial charge in [0.25, 0.3) is 0 Å². The second kappa shape index (κ2) is 5.88. The molecule has 0 aliphatic rings. The Morgan fingerprint density at radius 3 is 2.70 bits per heavy atom. The highest BCUT2D eigenvalue weighted by Gasteiger charge is 2.10. The van der Waals surface area contributed by atoms with E-state index in [1.54, 1.807) is 24.3 Å². The molecule has 104 valence electrons. The fraction of sp³-hybridized carbons (Fsp3) is 0.214. The summed E-state index contributed by atoms with van der Waals surface area (Å²) in [6.45, 7) is 3.82. The molecular formula is C14H13ClN2O3. The van der Waals surface area contributed by atoms with Crippen molar-refractivity contribution in [3.8, 4) is 17.0 Å². The van der Waals surface area contributed by atoms with Crippen LogP contribution in [-0.2, 0) is 0 Å². The minimum Gasteiger partial charge on any atom is -0.489 e. The van der Waals surface area contributed by atoms with Crippen LogP contribution in [0.15, 0.2) is 30.5 Å². The zero-order valence-electron chi connectivity index (χ0n) is 11.0. The Labute approximate surface area is 121 Å². The number of hydrogen-bond donors (Lipinski definition) is 1. The number of aromatic nitrogens is 2. The molecule has 1 aromatic carbocycles. The van der Waals surface area contributed by atoms with Crippen LogP contribution in [0.25, 0.3) is 11.3 Å². The van der Waals surface area contributed by atoms with Crippen LogP contribution in [0, 0.1) is 0 Å². The molecule has 0 aliphatic carbocycles. The molecule has 0 radical (unpaired) electrons. The molecule has 0 fully saturated rings. The van der Waals surface area contributed by atoms with Crippen molar-refractivity contribution < 1.29 is 14.6 Å². The van der Waals surface area contributed by atoms with Crippen LogP contribution in [0.3, 0.4) is 0 Å². The SMILES string of the molecule is CC(C)Oc1ccc(-c2ccnc(C(=O)O)n2)cc1Cl. The van der Waals surface area contributed by atoms with Gasteiger partial charge >= 0.3 is 5.97 Å². The standard InChI is InChI=1S/C14H13ClN2O3/c1-8(2)20-12-4-3-9(7-10(12)15)11-5-6-16-13(17-11)14(18)19/h3-8H,1-2H3,(H,18,19). The molecule has 5 nitrogen and oxygen atoms in total. The van der Waals surface area contributed by atoms with Gasteiger partial charge in [-0.15, -0.1) is 0 Å². The van der Waals surface area contributed by atoms with Gasteiger partial charge in [-0.3, -0.25) is 0 Å². The lowest BCUT2D eigenvalue weighted by molar-refractivity contribution is 0.0683. The number of rotatable bonds is 4. The highest BCUT2D eigenvalue weighted by atomic mass is 35.5. The number of carbonyl (C=O) groups is 1. The summed E-state index contributed by atoms with van der Waals surface area (Å²) < 4.78 is 5.54. The van der Waals surface area contributed by atoms with Gasteiger partial charge in [0.1, 0.15) is 5.75 Å². The predicted octanol–water partition coefficient (Wildman–Crippen LogP) is 3.28. The number of nitrogens with zero attached hydrogens (tertiary/aromatic N) is 2. The van der Waals surface area contributed by atoms with Crippen LogP contribution in [0.1, 0.15) is 24.5 Å². The van der Waals surface area contributed by atoms with Crippen LogP contribution in [0.5, 0.6) is 5.75 Å². The van der Waals surface area contributed by atoms with Gasteiger partial charge < -0.3 is 9.84 Å². The van der Waals surface area contributed by atoms with E-state index in [0.717, 1.165) is 0 Å². The molecule has 1 N–H and O–H groups in total. The monoisotopic (exact) mass is 292 g/mol. The summed E-state index contributed by atoms with van der Waals surface area (Å²) >= 11 is 6.14. The van der Waals surface area contributed by atoms with Gasteiger partial charge in [-0.05, 0) is 38.1 Å². The molecule has 1 aromatic heterocycles. The molecule has 20 heavy (non-hydrogen) atoms. The van der Waals surface area contributed by atoms with Crippen molar-refractivity contribution in [2.24, 2.45) is 0 Å². The average molecular weight is 293 g/mol. The zero-order valence-corrected chi connectivity index (χ0v) is 11.8. The second-order valence-corrected chi connectivity index (χ2v) is 4.79. The van der Waals surface area contributed by atoms with Crippen molar-refractivity contribution in [1.82, 2.24) is 9.97 Å². The van der Waals surface area contributed by atoms with Crippen LogP contribution in [0.4, 0.5) is 0 Å². The van der Waals surface area contributed by atoms with Gasteiger partial charge in [-0.1, -0.05) is 11.6 Å². The second-order valence-electron chi connectivity index (χ2n) is 4.38. The number of halogens is 1. The summed E-state index contributed by atoms with van der Waals surface area (Å²) in [7, 11) is 0. The maximum atomic E-state index is 10.9. The van der Waals surface area contributed by atoms with E-state index in [2.05, 4.69) is 9.97 Å². The minimum atomic E-state index is -1.17. The minimum absolute atomic E-state index is 0.0241. The van der Waals surface area contributed by atoms with Gasteiger partial charge in [0.15, 0.2) is 0 Å². The van der Waals surface area contributed by atoms with E-state index in [4.69, 9.17) is 21.4 Å². The first kappa shape index (κ1) is 14.3. The number of benzene rings is 1. The van der Waals surface area contributed by atoms with E-state index in [1.807, 2.05) is 13.8 Å². The zero-order chi connectivity index (χ0) is 14.7. The average Bonchev–Trinajstić information content (AvgIpc) is 2.40. The van der Waals surface area contributed by atoms with Crippen molar-refractivity contribution in [3.63, 3.8) is 0 Å². The molecular weight excluding hydrogens is 280 g/mol. The third kappa shape index (κ3) is 3.24. The summed E-state index contributed by atoms with van der Waals surface area (Å²) in [6.07, 6.45) is 1.43. The van der Waals surface area contributed by atoms with Crippen LogP contribution in [-0.4, -0.2) is 27.1 Å². The quantitative estimate of drug-likeness (QED) is 0.936. The van der Waals surface area contributed by atoms with Gasteiger partial charge in [0, 0.05) is 11.8 Å². The first-order valence-electron chi connectivity index (χ1n) is 6.00. The van der Waals surface area contributed by atoms with Crippen molar-refractivity contribution in [3.05, 3.63) is 41.3 Å². The first-order valence-corrected chi connectivity index (χ1v) is 6.38. The van der Waals surface area contributed by atoms with Crippen molar-refractivity contribution >= 4 is 17.6 Å². The Kier molecular flexibility index (Phi) is 4.20. The Hall–Kier alpha value is -2.14. The molecule has 1 heterocycles. The molecule has 0 bridgehead atoms. The van der Waals surface area contributed by atoms with E-state index >= 15 is 0 Å². The van der Waals surface area contributed by atoms with Crippen LogP contribution >= 0.6 is 11.6 Å². The molecule has 0 spiro atoms. The fourth-order valence-electron chi connectivity index (χ4n) is 1.63. The first-order chi connectivity index (χ1) is 9.47. The molecule has 0 saturated carbocycles. The lowest BCUT2D eigenvalue weighted by atomic mass is 10.1. The molecule has 0 amide bonds. The number of ether oxygens (including phenoxy) is 1. The number of carboxylic acid groups (broad SMARTS) is 1. The van der Waals surface area contributed by atoms with Gasteiger partial charge in [-0.25, -0.2) is 14.8 Å². The summed E-state index contributed by atoms with van der Waals surface area (Å²) in [6, 6.07) is 6.83. The summed E-state index contributed by atoms with van der Waals surface area (Å²) in [5.41, 5.74) is 1.20. The summed E-state index contributed by atoms with van der Waals surface area (Å²) in [5, 5.41) is 9.33. The predicted molar refractivity (Wildman–Crippen MR) is 75.2 cm³/mol. The van der Waals surface area contributed by atoms with Gasteiger partial charge in [0.05, 0.1) is 16.8 Å². The molecule has 0 unspecified atom stereocenters. The van der Waals surface area contributed by atoms with E-state index < -0.39 is 5.97 Å². The largest absolute Gasteiger partial charge is 0.489 e. The highest BCUT2D eigenvalue weighted by molar-refractivity contribution is 6.32. The van der Waals surface area contributed by atoms with Crippen molar-refractivity contribution in [1.29, 1.82) is 0 Å². The molecule has 2 rings (SSSR count). The van der Waals surface area contributed by atoms with E-state index in [1.165, 1.54) is 6.20 Å². The van der Waals surface area contributed by atoms with E-state index in [0.29, 0.717) is 22.0 Å². The van der Waals surface area contributed by atoms with Crippen LogP contribution < -0.4 is 4.74 Å². The molecule has 0 aliphatic heterocycles. The third-order valence-corrected chi connectivity index (χ3v) is 2.73. The Morgan fingerprint density at radius 1 is 1.35 bits per heavy atom. The van der Waals surface area contributed by atoms with Crippen LogP contribution in [0.2, 0.25) is 5.02 Å². The van der Waals surface area contributed by atoms with Crippen molar-refractivity contribution in [2.75, 3.05) is 0 Å². The van der Waals surface area contributed by atoms with Crippen molar-refractivity contribution in [2.45, 2.75) is 20.0 Å². The topological polar surface area (TPSA) is 72.3 Å². The molecule has 2 aromatic rings. The lowest BCUT2D eigenvalue weighted by Gasteiger charge is -2.12. The van der Waals surface area contributed by atoms with E-state index in [9.17, 15) is 4.79 Å². The number of aromatic carboxylic acids is 1. The smallest absolute Gasteiger partial charge is 0.373 e. The number of hydrogen-bond acceptors (Lipinski definition) is 4.